The number of halogens is 2. The number of rotatable bonds is 4. The number of carbonyl (C=O) groups is 1. The van der Waals surface area contributed by atoms with Gasteiger partial charge in [0, 0.05) is 12.5 Å². The van der Waals surface area contributed by atoms with Crippen molar-refractivity contribution < 1.29 is 18.7 Å². The molecule has 2 aromatic carbocycles. The molecule has 108 valence electrons. The number of hydrogen-bond acceptors (Lipinski definition) is 2. The molecule has 5 heteroatoms. The maximum Gasteiger partial charge on any atom is 0.338 e. The zero-order chi connectivity index (χ0) is 15.0. The van der Waals surface area contributed by atoms with E-state index in [9.17, 15) is 13.6 Å². The third-order valence-electron chi connectivity index (χ3n) is 3.81. The van der Waals surface area contributed by atoms with Crippen LogP contribution in [0.4, 0.5) is 14.5 Å². The Labute approximate surface area is 120 Å². The molecule has 0 fully saturated rings. The van der Waals surface area contributed by atoms with E-state index in [0.29, 0.717) is 6.54 Å². The van der Waals surface area contributed by atoms with Gasteiger partial charge < -0.3 is 10.4 Å². The van der Waals surface area contributed by atoms with Gasteiger partial charge in [0.1, 0.15) is 0 Å². The molecule has 0 saturated carbocycles. The van der Waals surface area contributed by atoms with Crippen LogP contribution in [0.1, 0.15) is 27.4 Å². The number of aromatic carboxylic acids is 1. The van der Waals surface area contributed by atoms with E-state index in [0.717, 1.165) is 12.5 Å². The summed E-state index contributed by atoms with van der Waals surface area (Å²) < 4.78 is 27.4. The second kappa shape index (κ2) is 5.16. The lowest BCUT2D eigenvalue weighted by Crippen LogP contribution is -2.24. The first-order valence-electron chi connectivity index (χ1n) is 6.61. The molecule has 0 spiro atoms. The smallest absolute Gasteiger partial charge is 0.338 e. The number of nitrogens with one attached hydrogen (secondary N) is 1. The molecule has 1 atom stereocenters. The first kappa shape index (κ1) is 13.5. The van der Waals surface area contributed by atoms with Gasteiger partial charge in [-0.15, -0.1) is 0 Å². The zero-order valence-electron chi connectivity index (χ0n) is 11.1. The van der Waals surface area contributed by atoms with Crippen molar-refractivity contribution in [1.82, 2.24) is 0 Å². The Morgan fingerprint density at radius 1 is 1.19 bits per heavy atom. The molecule has 2 N–H and O–H groups in total. The van der Waals surface area contributed by atoms with Crippen molar-refractivity contribution in [2.45, 2.75) is 12.3 Å². The van der Waals surface area contributed by atoms with Crippen molar-refractivity contribution >= 4 is 11.7 Å². The lowest BCUT2D eigenvalue weighted by atomic mass is 9.77. The summed E-state index contributed by atoms with van der Waals surface area (Å²) in [5.74, 6) is -3.70. The molecule has 0 bridgehead atoms. The Morgan fingerprint density at radius 3 is 2.67 bits per heavy atom. The third-order valence-corrected chi connectivity index (χ3v) is 3.81. The van der Waals surface area contributed by atoms with E-state index in [1.807, 2.05) is 24.3 Å². The summed E-state index contributed by atoms with van der Waals surface area (Å²) in [6.45, 7) is 0.486. The van der Waals surface area contributed by atoms with Crippen molar-refractivity contribution in [3.05, 3.63) is 64.7 Å². The summed E-state index contributed by atoms with van der Waals surface area (Å²) >= 11 is 0. The predicted octanol–water partition coefficient (Wildman–Crippen LogP) is 3.41. The van der Waals surface area contributed by atoms with Gasteiger partial charge in [0.15, 0.2) is 11.6 Å². The third kappa shape index (κ3) is 2.35. The fourth-order valence-electron chi connectivity index (χ4n) is 2.63. The summed E-state index contributed by atoms with van der Waals surface area (Å²) in [4.78, 5) is 10.7. The Kier molecular flexibility index (Phi) is 3.33. The Morgan fingerprint density at radius 2 is 1.95 bits per heavy atom. The SMILES string of the molecule is O=C(O)c1ccc(NCC2Cc3ccccc32)c(F)c1F. The fraction of sp³-hybridized carbons (Fsp3) is 0.188. The van der Waals surface area contributed by atoms with Gasteiger partial charge >= 0.3 is 5.97 Å². The minimum atomic E-state index is -1.48. The molecule has 0 amide bonds. The van der Waals surface area contributed by atoms with Crippen molar-refractivity contribution in [2.75, 3.05) is 11.9 Å². The molecule has 0 aliphatic heterocycles. The molecule has 0 aromatic heterocycles. The molecule has 3 nitrogen and oxygen atoms in total. The molecular weight excluding hydrogens is 276 g/mol. The van der Waals surface area contributed by atoms with Crippen LogP contribution in [0, 0.1) is 11.6 Å². The van der Waals surface area contributed by atoms with E-state index < -0.39 is 23.2 Å². The van der Waals surface area contributed by atoms with E-state index in [4.69, 9.17) is 5.11 Å². The maximum atomic E-state index is 13.8. The number of anilines is 1. The Bertz CT molecular complexity index is 715. The molecule has 0 saturated heterocycles. The second-order valence-corrected chi connectivity index (χ2v) is 5.07. The highest BCUT2D eigenvalue weighted by Gasteiger charge is 2.25. The van der Waals surface area contributed by atoms with Crippen LogP contribution in [0.25, 0.3) is 0 Å². The van der Waals surface area contributed by atoms with Crippen molar-refractivity contribution in [3.63, 3.8) is 0 Å². The molecule has 1 aliphatic rings. The van der Waals surface area contributed by atoms with E-state index in [1.165, 1.54) is 17.2 Å². The average molecular weight is 289 g/mol. The van der Waals surface area contributed by atoms with Crippen LogP contribution in [0.5, 0.6) is 0 Å². The highest BCUT2D eigenvalue weighted by atomic mass is 19.2. The minimum absolute atomic E-state index is 0.0121. The van der Waals surface area contributed by atoms with Crippen LogP contribution >= 0.6 is 0 Å². The quantitative estimate of drug-likeness (QED) is 0.906. The number of hydrogen-bond donors (Lipinski definition) is 2. The van der Waals surface area contributed by atoms with Crippen LogP contribution in [0.15, 0.2) is 36.4 Å². The van der Waals surface area contributed by atoms with Crippen molar-refractivity contribution in [1.29, 1.82) is 0 Å². The van der Waals surface area contributed by atoms with Gasteiger partial charge in [-0.1, -0.05) is 24.3 Å². The summed E-state index contributed by atoms with van der Waals surface area (Å²) in [6.07, 6.45) is 0.903. The summed E-state index contributed by atoms with van der Waals surface area (Å²) in [5, 5.41) is 11.6. The molecule has 0 radical (unpaired) electrons. The lowest BCUT2D eigenvalue weighted by Gasteiger charge is -2.30. The van der Waals surface area contributed by atoms with Crippen LogP contribution < -0.4 is 5.32 Å². The van der Waals surface area contributed by atoms with Crippen LogP contribution in [-0.2, 0) is 6.42 Å². The number of benzene rings is 2. The first-order valence-corrected chi connectivity index (χ1v) is 6.61. The molecular formula is C16H13F2NO2. The largest absolute Gasteiger partial charge is 0.478 e. The van der Waals surface area contributed by atoms with Gasteiger partial charge in [-0.05, 0) is 29.7 Å². The summed E-state index contributed by atoms with van der Waals surface area (Å²) in [5.41, 5.74) is 1.82. The molecule has 3 rings (SSSR count). The lowest BCUT2D eigenvalue weighted by molar-refractivity contribution is 0.0690. The first-order chi connectivity index (χ1) is 10.1. The van der Waals surface area contributed by atoms with Crippen LogP contribution in [0.3, 0.4) is 0 Å². The van der Waals surface area contributed by atoms with Crippen LogP contribution in [0.2, 0.25) is 0 Å². The molecule has 2 aromatic rings. The van der Waals surface area contributed by atoms with Crippen molar-refractivity contribution in [2.24, 2.45) is 0 Å². The zero-order valence-corrected chi connectivity index (χ0v) is 11.1. The fourth-order valence-corrected chi connectivity index (χ4v) is 2.63. The topological polar surface area (TPSA) is 49.3 Å². The molecule has 1 unspecified atom stereocenters. The van der Waals surface area contributed by atoms with Crippen LogP contribution in [-0.4, -0.2) is 17.6 Å². The van der Waals surface area contributed by atoms with Gasteiger partial charge in [-0.3, -0.25) is 0 Å². The number of carboxylic acid groups (broad SMARTS) is 1. The van der Waals surface area contributed by atoms with Gasteiger partial charge in [0.2, 0.25) is 0 Å². The molecule has 0 heterocycles. The standard InChI is InChI=1S/C16H13F2NO2/c17-14-12(16(20)21)5-6-13(15(14)18)19-8-10-7-9-3-1-2-4-11(9)10/h1-6,10,19H,7-8H2,(H,20,21). The maximum absolute atomic E-state index is 13.8. The normalized spacial score (nSPS) is 16.0. The summed E-state index contributed by atoms with van der Waals surface area (Å²) in [6, 6.07) is 10.3. The molecule has 21 heavy (non-hydrogen) atoms. The Hall–Kier alpha value is -2.43. The highest BCUT2D eigenvalue weighted by molar-refractivity contribution is 5.88. The Balaban J connectivity index is 1.73. The molecule has 1 aliphatic carbocycles. The predicted molar refractivity (Wildman–Crippen MR) is 74.7 cm³/mol. The van der Waals surface area contributed by atoms with E-state index in [2.05, 4.69) is 5.32 Å². The van der Waals surface area contributed by atoms with Crippen molar-refractivity contribution in [3.8, 4) is 0 Å². The highest BCUT2D eigenvalue weighted by Crippen LogP contribution is 2.35. The van der Waals surface area contributed by atoms with Gasteiger partial charge in [0.05, 0.1) is 11.3 Å². The average Bonchev–Trinajstić information content (AvgIpc) is 2.44. The van der Waals surface area contributed by atoms with Gasteiger partial charge in [-0.25, -0.2) is 13.6 Å². The van der Waals surface area contributed by atoms with E-state index in [1.54, 1.807) is 0 Å². The number of fused-ring (bicyclic) bond motifs is 1. The van der Waals surface area contributed by atoms with Gasteiger partial charge in [0.25, 0.3) is 0 Å². The summed E-state index contributed by atoms with van der Waals surface area (Å²) in [7, 11) is 0. The monoisotopic (exact) mass is 289 g/mol. The minimum Gasteiger partial charge on any atom is -0.478 e. The van der Waals surface area contributed by atoms with E-state index in [-0.39, 0.29) is 11.6 Å². The van der Waals surface area contributed by atoms with E-state index >= 15 is 0 Å². The number of carboxylic acids is 1. The second-order valence-electron chi connectivity index (χ2n) is 5.07. The van der Waals surface area contributed by atoms with Gasteiger partial charge in [-0.2, -0.15) is 0 Å².